The third kappa shape index (κ3) is 5.64. The summed E-state index contributed by atoms with van der Waals surface area (Å²) in [6.07, 6.45) is 5.44. The number of hydrogen-bond acceptors (Lipinski definition) is 7. The van der Waals surface area contributed by atoms with Crippen LogP contribution < -0.4 is 10.6 Å². The van der Waals surface area contributed by atoms with Crippen molar-refractivity contribution in [3.63, 3.8) is 0 Å². The molecule has 2 amide bonds. The number of carbonyl (C=O) groups is 1. The van der Waals surface area contributed by atoms with Gasteiger partial charge in [0.25, 0.3) is 0 Å². The number of halogens is 1. The molecule has 2 aliphatic heterocycles. The highest BCUT2D eigenvalue weighted by molar-refractivity contribution is 5.92. The minimum absolute atomic E-state index is 0.232. The fourth-order valence-electron chi connectivity index (χ4n) is 5.03. The molecular formula is C27H36FN7O3. The lowest BCUT2D eigenvalue weighted by molar-refractivity contribution is 0.0349. The fraction of sp³-hybridized carbons (Fsp3) is 0.556. The molecule has 0 saturated carbocycles. The van der Waals surface area contributed by atoms with Gasteiger partial charge in [-0.05, 0) is 38.8 Å². The second-order valence-electron chi connectivity index (χ2n) is 10.5. The van der Waals surface area contributed by atoms with Gasteiger partial charge in [0.2, 0.25) is 5.95 Å². The molecule has 3 N–H and O–H groups in total. The number of morpholine rings is 1. The number of imidazole rings is 1. The number of nitrogens with one attached hydrogen (secondary N) is 3. The monoisotopic (exact) mass is 525 g/mol. The molecule has 10 nitrogen and oxygen atoms in total. The van der Waals surface area contributed by atoms with Crippen molar-refractivity contribution in [2.75, 3.05) is 51.3 Å². The summed E-state index contributed by atoms with van der Waals surface area (Å²) >= 11 is 0. The first kappa shape index (κ1) is 26.5. The molecule has 4 heterocycles. The number of anilines is 1. The molecule has 0 aliphatic carbocycles. The van der Waals surface area contributed by atoms with E-state index in [-0.39, 0.29) is 23.2 Å². The molecule has 5 rings (SSSR count). The molecule has 1 aromatic carbocycles. The maximum atomic E-state index is 16.1. The lowest BCUT2D eigenvalue weighted by atomic mass is 9.87. The Balaban J connectivity index is 1.43. The molecular weight excluding hydrogens is 489 g/mol. The summed E-state index contributed by atoms with van der Waals surface area (Å²) in [7, 11) is 0. The summed E-state index contributed by atoms with van der Waals surface area (Å²) in [5, 5.41) is 5.34. The molecule has 3 aromatic rings. The minimum atomic E-state index is -0.394. The molecule has 1 atom stereocenters. The maximum absolute atomic E-state index is 16.1. The summed E-state index contributed by atoms with van der Waals surface area (Å²) in [6, 6.07) is 1.29. The topological polar surface area (TPSA) is 117 Å². The number of benzene rings is 1. The van der Waals surface area contributed by atoms with Crippen molar-refractivity contribution in [1.29, 1.82) is 0 Å². The van der Waals surface area contributed by atoms with Gasteiger partial charge in [0.15, 0.2) is 0 Å². The van der Waals surface area contributed by atoms with Crippen molar-refractivity contribution in [3.8, 4) is 11.1 Å². The van der Waals surface area contributed by atoms with Crippen LogP contribution in [-0.4, -0.2) is 76.9 Å². The fourth-order valence-corrected chi connectivity index (χ4v) is 5.03. The Bertz CT molecular complexity index is 1270. The number of fused-ring (bicyclic) bond motifs is 1. The van der Waals surface area contributed by atoms with Crippen molar-refractivity contribution in [2.45, 2.75) is 51.6 Å². The number of aromatic nitrogens is 4. The van der Waals surface area contributed by atoms with Crippen LogP contribution in [0.2, 0.25) is 0 Å². The number of ether oxygens (including phenoxy) is 2. The van der Waals surface area contributed by atoms with E-state index >= 15 is 4.39 Å². The molecule has 2 aromatic heterocycles. The van der Waals surface area contributed by atoms with Gasteiger partial charge >= 0.3 is 6.03 Å². The van der Waals surface area contributed by atoms with Gasteiger partial charge in [0.05, 0.1) is 30.4 Å². The zero-order chi connectivity index (χ0) is 26.7. The SMILES string of the molecule is CCNC(=O)Nc1nc2cc(-c3cnc(C(C)(C)CCN4CCOCC4)nc3)c(F)c(C3CCCO3)c2[nH]1. The van der Waals surface area contributed by atoms with Crippen molar-refractivity contribution in [1.82, 2.24) is 30.2 Å². The number of urea groups is 1. The maximum Gasteiger partial charge on any atom is 0.321 e. The Morgan fingerprint density at radius 1 is 1.24 bits per heavy atom. The molecule has 2 aliphatic rings. The quantitative estimate of drug-likeness (QED) is 0.404. The number of aromatic amines is 1. The number of rotatable bonds is 8. The van der Waals surface area contributed by atoms with Gasteiger partial charge in [0, 0.05) is 60.7 Å². The van der Waals surface area contributed by atoms with Crippen molar-refractivity contribution >= 4 is 23.0 Å². The van der Waals surface area contributed by atoms with Crippen LogP contribution in [0.15, 0.2) is 18.5 Å². The Kier molecular flexibility index (Phi) is 7.87. The second-order valence-corrected chi connectivity index (χ2v) is 10.5. The molecule has 1 unspecified atom stereocenters. The van der Waals surface area contributed by atoms with E-state index in [0.29, 0.717) is 47.3 Å². The Labute approximate surface area is 221 Å². The first-order valence-corrected chi connectivity index (χ1v) is 13.4. The van der Waals surface area contributed by atoms with E-state index in [1.165, 1.54) is 0 Å². The van der Waals surface area contributed by atoms with Gasteiger partial charge in [-0.15, -0.1) is 0 Å². The third-order valence-corrected chi connectivity index (χ3v) is 7.30. The molecule has 2 fully saturated rings. The molecule has 204 valence electrons. The smallest absolute Gasteiger partial charge is 0.321 e. The van der Waals surface area contributed by atoms with Crippen LogP contribution in [0.3, 0.4) is 0 Å². The normalized spacial score (nSPS) is 18.7. The van der Waals surface area contributed by atoms with Gasteiger partial charge in [0.1, 0.15) is 11.6 Å². The summed E-state index contributed by atoms with van der Waals surface area (Å²) in [4.78, 5) is 31.3. The highest BCUT2D eigenvalue weighted by Gasteiger charge is 2.29. The van der Waals surface area contributed by atoms with Crippen LogP contribution in [0.4, 0.5) is 15.1 Å². The first-order chi connectivity index (χ1) is 18.4. The van der Waals surface area contributed by atoms with Crippen LogP contribution in [0.5, 0.6) is 0 Å². The number of amides is 2. The lowest BCUT2D eigenvalue weighted by Crippen LogP contribution is -2.39. The highest BCUT2D eigenvalue weighted by Crippen LogP contribution is 2.39. The molecule has 0 spiro atoms. The summed E-state index contributed by atoms with van der Waals surface area (Å²) in [5.41, 5.74) is 2.17. The average molecular weight is 526 g/mol. The van der Waals surface area contributed by atoms with E-state index in [9.17, 15) is 4.79 Å². The van der Waals surface area contributed by atoms with Gasteiger partial charge in [-0.25, -0.2) is 24.1 Å². The van der Waals surface area contributed by atoms with Crippen LogP contribution in [-0.2, 0) is 14.9 Å². The third-order valence-electron chi connectivity index (χ3n) is 7.30. The van der Waals surface area contributed by atoms with Crippen LogP contribution in [0, 0.1) is 5.82 Å². The number of hydrogen-bond donors (Lipinski definition) is 3. The summed E-state index contributed by atoms with van der Waals surface area (Å²) in [5.74, 6) is 0.583. The molecule has 11 heteroatoms. The minimum Gasteiger partial charge on any atom is -0.379 e. The first-order valence-electron chi connectivity index (χ1n) is 13.4. The van der Waals surface area contributed by atoms with Crippen LogP contribution in [0.25, 0.3) is 22.2 Å². The van der Waals surface area contributed by atoms with Gasteiger partial charge in [-0.3, -0.25) is 10.2 Å². The van der Waals surface area contributed by atoms with E-state index in [1.54, 1.807) is 18.5 Å². The zero-order valence-electron chi connectivity index (χ0n) is 22.3. The molecule has 2 saturated heterocycles. The van der Waals surface area contributed by atoms with Crippen LogP contribution >= 0.6 is 0 Å². The van der Waals surface area contributed by atoms with E-state index < -0.39 is 6.10 Å². The van der Waals surface area contributed by atoms with Crippen molar-refractivity contribution < 1.29 is 18.7 Å². The molecule has 0 bridgehead atoms. The van der Waals surface area contributed by atoms with Gasteiger partial charge in [-0.2, -0.15) is 0 Å². The molecule has 0 radical (unpaired) electrons. The van der Waals surface area contributed by atoms with E-state index in [2.05, 4.69) is 49.3 Å². The van der Waals surface area contributed by atoms with E-state index in [4.69, 9.17) is 9.47 Å². The van der Waals surface area contributed by atoms with E-state index in [1.807, 2.05) is 6.92 Å². The van der Waals surface area contributed by atoms with E-state index in [0.717, 1.165) is 51.5 Å². The predicted molar refractivity (Wildman–Crippen MR) is 143 cm³/mol. The van der Waals surface area contributed by atoms with Crippen molar-refractivity contribution in [3.05, 3.63) is 35.7 Å². The average Bonchev–Trinajstić information content (AvgIpc) is 3.58. The predicted octanol–water partition coefficient (Wildman–Crippen LogP) is 4.15. The zero-order valence-corrected chi connectivity index (χ0v) is 22.3. The summed E-state index contributed by atoms with van der Waals surface area (Å²) in [6.45, 7) is 11.5. The number of nitrogens with zero attached hydrogens (tertiary/aromatic N) is 4. The van der Waals surface area contributed by atoms with Crippen molar-refractivity contribution in [2.24, 2.45) is 0 Å². The van der Waals surface area contributed by atoms with Gasteiger partial charge < -0.3 is 19.8 Å². The largest absolute Gasteiger partial charge is 0.379 e. The van der Waals surface area contributed by atoms with Gasteiger partial charge in [-0.1, -0.05) is 13.8 Å². The Hall–Kier alpha value is -3.15. The molecule has 38 heavy (non-hydrogen) atoms. The Morgan fingerprint density at radius 2 is 2.00 bits per heavy atom. The highest BCUT2D eigenvalue weighted by atomic mass is 19.1. The summed E-state index contributed by atoms with van der Waals surface area (Å²) < 4.78 is 27.4. The van der Waals surface area contributed by atoms with Crippen LogP contribution in [0.1, 0.15) is 57.5 Å². The Morgan fingerprint density at radius 3 is 2.68 bits per heavy atom. The standard InChI is InChI=1S/C27H36FN7O3/c1-4-29-26(36)34-25-32-19-14-18(22(28)21(23(19)33-25)20-6-5-11-38-20)17-15-30-24(31-16-17)27(2,3)7-8-35-9-12-37-13-10-35/h14-16,20H,4-13H2,1-3H3,(H3,29,32,33,34,36). The lowest BCUT2D eigenvalue weighted by Gasteiger charge is -2.30. The second kappa shape index (κ2) is 11.3. The number of H-pyrrole nitrogens is 1. The number of carbonyl (C=O) groups excluding carboxylic acids is 1.